The molecule has 0 aliphatic heterocycles. The van der Waals surface area contributed by atoms with Crippen molar-refractivity contribution < 1.29 is 18.3 Å². The van der Waals surface area contributed by atoms with Gasteiger partial charge in [0.15, 0.2) is 9.96 Å². The Labute approximate surface area is 123 Å². The van der Waals surface area contributed by atoms with E-state index in [0.717, 1.165) is 22.2 Å². The van der Waals surface area contributed by atoms with E-state index < -0.39 is 21.6 Å². The van der Waals surface area contributed by atoms with E-state index in [1.807, 2.05) is 4.98 Å². The van der Waals surface area contributed by atoms with Crippen LogP contribution in [0.15, 0.2) is 39.5 Å². The predicted octanol–water partition coefficient (Wildman–Crippen LogP) is 1.34. The number of hydrogen-bond acceptors (Lipinski definition) is 6. The summed E-state index contributed by atoms with van der Waals surface area (Å²) in [6, 6.07) is 7.05. The van der Waals surface area contributed by atoms with Crippen LogP contribution in [0.2, 0.25) is 0 Å². The number of aromatic amines is 1. The molecule has 1 aromatic carbocycles. The van der Waals surface area contributed by atoms with Gasteiger partial charge in [0.25, 0.3) is 10.0 Å². The van der Waals surface area contributed by atoms with Crippen LogP contribution in [0, 0.1) is 0 Å². The summed E-state index contributed by atoms with van der Waals surface area (Å²) in [6.07, 6.45) is 0.821. The van der Waals surface area contributed by atoms with E-state index in [1.165, 1.54) is 7.11 Å². The van der Waals surface area contributed by atoms with Crippen molar-refractivity contribution >= 4 is 31.4 Å². The second-order valence-corrected chi connectivity index (χ2v) is 7.23. The SMILES string of the molecule is COc1c(S(=O)(=O)n2cc(O)[nH]c2=O)sc2ccccc12. The maximum absolute atomic E-state index is 12.6. The van der Waals surface area contributed by atoms with Crippen LogP contribution < -0.4 is 10.4 Å². The quantitative estimate of drug-likeness (QED) is 0.756. The van der Waals surface area contributed by atoms with Crippen LogP contribution in [0.4, 0.5) is 0 Å². The van der Waals surface area contributed by atoms with Gasteiger partial charge in [0, 0.05) is 10.1 Å². The van der Waals surface area contributed by atoms with Crippen molar-refractivity contribution in [1.82, 2.24) is 8.96 Å². The summed E-state index contributed by atoms with van der Waals surface area (Å²) in [6.45, 7) is 0. The Morgan fingerprint density at radius 2 is 2.05 bits per heavy atom. The van der Waals surface area contributed by atoms with Gasteiger partial charge in [-0.15, -0.1) is 11.3 Å². The fraction of sp³-hybridized carbons (Fsp3) is 0.0833. The standard InChI is InChI=1S/C12H10N2O5S2/c1-19-10-7-4-2-3-5-8(7)20-11(10)21(17,18)14-6-9(15)13-12(14)16/h2-6,15H,1H3,(H,13,16). The third kappa shape index (κ3) is 2.01. The number of rotatable bonds is 3. The molecule has 0 aliphatic carbocycles. The molecule has 0 fully saturated rings. The number of hydrogen-bond donors (Lipinski definition) is 2. The molecule has 21 heavy (non-hydrogen) atoms. The van der Waals surface area contributed by atoms with Crippen LogP contribution in [0.5, 0.6) is 11.6 Å². The minimum Gasteiger partial charge on any atom is -0.494 e. The van der Waals surface area contributed by atoms with Crippen molar-refractivity contribution in [2.75, 3.05) is 7.11 Å². The molecule has 2 aromatic heterocycles. The van der Waals surface area contributed by atoms with E-state index in [2.05, 4.69) is 0 Å². The number of thiophene rings is 1. The minimum atomic E-state index is -4.15. The Morgan fingerprint density at radius 3 is 2.67 bits per heavy atom. The lowest BCUT2D eigenvalue weighted by Gasteiger charge is -2.04. The Kier molecular flexibility index (Phi) is 3.03. The summed E-state index contributed by atoms with van der Waals surface area (Å²) in [4.78, 5) is 13.6. The highest BCUT2D eigenvalue weighted by atomic mass is 32.2. The zero-order valence-corrected chi connectivity index (χ0v) is 12.4. The molecule has 7 nitrogen and oxygen atoms in total. The Morgan fingerprint density at radius 1 is 1.33 bits per heavy atom. The number of imidazole rings is 1. The molecule has 110 valence electrons. The van der Waals surface area contributed by atoms with E-state index >= 15 is 0 Å². The van der Waals surface area contributed by atoms with E-state index in [-0.39, 0.29) is 9.96 Å². The maximum Gasteiger partial charge on any atom is 0.342 e. The number of aromatic nitrogens is 2. The lowest BCUT2D eigenvalue weighted by molar-refractivity contribution is 0.411. The van der Waals surface area contributed by atoms with Crippen molar-refractivity contribution in [3.8, 4) is 11.6 Å². The van der Waals surface area contributed by atoms with E-state index in [1.54, 1.807) is 24.3 Å². The topological polar surface area (TPSA) is 101 Å². The molecule has 0 saturated heterocycles. The van der Waals surface area contributed by atoms with Gasteiger partial charge in [-0.3, -0.25) is 4.98 Å². The number of fused-ring (bicyclic) bond motifs is 1. The second kappa shape index (κ2) is 4.64. The van der Waals surface area contributed by atoms with E-state index in [4.69, 9.17) is 4.74 Å². The molecule has 0 saturated carbocycles. The molecule has 0 spiro atoms. The maximum atomic E-state index is 12.6. The molecular formula is C12H10N2O5S2. The normalized spacial score (nSPS) is 11.9. The smallest absolute Gasteiger partial charge is 0.342 e. The van der Waals surface area contributed by atoms with Gasteiger partial charge in [0.05, 0.1) is 13.3 Å². The zero-order chi connectivity index (χ0) is 15.2. The van der Waals surface area contributed by atoms with Gasteiger partial charge in [-0.1, -0.05) is 12.1 Å². The molecule has 0 unspecified atom stereocenters. The molecule has 2 heterocycles. The van der Waals surface area contributed by atoms with Gasteiger partial charge < -0.3 is 9.84 Å². The third-order valence-corrected chi connectivity index (χ3v) is 6.16. The van der Waals surface area contributed by atoms with Crippen LogP contribution in [0.3, 0.4) is 0 Å². The summed E-state index contributed by atoms with van der Waals surface area (Å²) in [7, 11) is -2.78. The average Bonchev–Trinajstić information content (AvgIpc) is 2.99. The summed E-state index contributed by atoms with van der Waals surface area (Å²) >= 11 is 1.00. The van der Waals surface area contributed by atoms with E-state index in [9.17, 15) is 18.3 Å². The molecule has 0 bridgehead atoms. The molecular weight excluding hydrogens is 316 g/mol. The molecule has 3 aromatic rings. The first-order chi connectivity index (χ1) is 9.95. The van der Waals surface area contributed by atoms with Gasteiger partial charge in [0.1, 0.15) is 0 Å². The summed E-state index contributed by atoms with van der Waals surface area (Å²) < 4.78 is 31.4. The first-order valence-corrected chi connectivity index (χ1v) is 8.02. The fourth-order valence-corrected chi connectivity index (χ4v) is 4.94. The van der Waals surface area contributed by atoms with Gasteiger partial charge in [-0.25, -0.2) is 4.79 Å². The van der Waals surface area contributed by atoms with Gasteiger partial charge >= 0.3 is 5.69 Å². The molecule has 0 aliphatic rings. The Balaban J connectivity index is 2.34. The summed E-state index contributed by atoms with van der Waals surface area (Å²) in [5.41, 5.74) is -0.938. The van der Waals surface area contributed by atoms with Crippen LogP contribution in [-0.4, -0.2) is 29.6 Å². The molecule has 0 amide bonds. The van der Waals surface area contributed by atoms with Gasteiger partial charge in [0.2, 0.25) is 5.88 Å². The average molecular weight is 326 g/mol. The minimum absolute atomic E-state index is 0.0905. The first-order valence-electron chi connectivity index (χ1n) is 5.77. The number of methoxy groups -OCH3 is 1. The highest BCUT2D eigenvalue weighted by Gasteiger charge is 2.28. The molecule has 3 rings (SSSR count). The fourth-order valence-electron chi connectivity index (χ4n) is 2.00. The van der Waals surface area contributed by atoms with Crippen molar-refractivity contribution in [1.29, 1.82) is 0 Å². The number of benzene rings is 1. The first kappa shape index (κ1) is 13.7. The predicted molar refractivity (Wildman–Crippen MR) is 77.7 cm³/mol. The van der Waals surface area contributed by atoms with Gasteiger partial charge in [-0.2, -0.15) is 12.4 Å². The second-order valence-electron chi connectivity index (χ2n) is 4.16. The largest absolute Gasteiger partial charge is 0.494 e. The lowest BCUT2D eigenvalue weighted by Crippen LogP contribution is -2.24. The van der Waals surface area contributed by atoms with Crippen molar-refractivity contribution in [3.05, 3.63) is 40.9 Å². The number of ether oxygens (including phenoxy) is 1. The monoisotopic (exact) mass is 326 g/mol. The lowest BCUT2D eigenvalue weighted by atomic mass is 10.2. The molecule has 0 atom stereocenters. The molecule has 0 radical (unpaired) electrons. The number of nitrogens with one attached hydrogen (secondary N) is 1. The van der Waals surface area contributed by atoms with Crippen molar-refractivity contribution in [3.63, 3.8) is 0 Å². The van der Waals surface area contributed by atoms with Crippen LogP contribution >= 0.6 is 11.3 Å². The highest BCUT2D eigenvalue weighted by Crippen LogP contribution is 2.41. The van der Waals surface area contributed by atoms with Crippen molar-refractivity contribution in [2.45, 2.75) is 4.21 Å². The summed E-state index contributed by atoms with van der Waals surface area (Å²) in [5, 5.41) is 9.89. The third-order valence-electron chi connectivity index (χ3n) is 2.89. The van der Waals surface area contributed by atoms with Crippen molar-refractivity contribution in [2.24, 2.45) is 0 Å². The Hall–Kier alpha value is -2.26. The van der Waals surface area contributed by atoms with Crippen LogP contribution in [-0.2, 0) is 10.0 Å². The van der Waals surface area contributed by atoms with Crippen LogP contribution in [0.1, 0.15) is 0 Å². The highest BCUT2D eigenvalue weighted by molar-refractivity contribution is 7.92. The van der Waals surface area contributed by atoms with Crippen LogP contribution in [0.25, 0.3) is 10.1 Å². The summed E-state index contributed by atoms with van der Waals surface area (Å²) in [5.74, 6) is -0.341. The van der Waals surface area contributed by atoms with Gasteiger partial charge in [-0.05, 0) is 12.1 Å². The number of aromatic hydroxyl groups is 1. The Bertz CT molecular complexity index is 981. The number of nitrogens with zero attached hydrogens (tertiary/aromatic N) is 1. The molecule has 2 N–H and O–H groups in total. The zero-order valence-electron chi connectivity index (χ0n) is 10.7. The molecule has 9 heteroatoms. The van der Waals surface area contributed by atoms with E-state index in [0.29, 0.717) is 9.36 Å². The number of H-pyrrole nitrogens is 1.